The summed E-state index contributed by atoms with van der Waals surface area (Å²) in [6.07, 6.45) is 5.99. The van der Waals surface area contributed by atoms with E-state index in [0.717, 1.165) is 51.3 Å². The second kappa shape index (κ2) is 6.87. The summed E-state index contributed by atoms with van der Waals surface area (Å²) in [5.41, 5.74) is 1.14. The summed E-state index contributed by atoms with van der Waals surface area (Å²) in [7, 11) is 0. The number of hydrogen-bond donors (Lipinski definition) is 2. The topological polar surface area (TPSA) is 53.3 Å². The van der Waals surface area contributed by atoms with Gasteiger partial charge in [-0.1, -0.05) is 6.92 Å². The van der Waals surface area contributed by atoms with Gasteiger partial charge in [-0.2, -0.15) is 0 Å². The van der Waals surface area contributed by atoms with Gasteiger partial charge >= 0.3 is 0 Å². The number of hydrogen-bond acceptors (Lipinski definition) is 4. The van der Waals surface area contributed by atoms with Crippen LogP contribution in [0.15, 0.2) is 12.5 Å². The van der Waals surface area contributed by atoms with Gasteiger partial charge in [0.1, 0.15) is 0 Å². The molecular formula is C13H24N4O. The van der Waals surface area contributed by atoms with Gasteiger partial charge in [-0.15, -0.1) is 0 Å². The van der Waals surface area contributed by atoms with Crippen molar-refractivity contribution in [3.8, 4) is 0 Å². The van der Waals surface area contributed by atoms with E-state index in [-0.39, 0.29) is 12.6 Å². The van der Waals surface area contributed by atoms with Crippen LogP contribution in [-0.4, -0.2) is 52.3 Å². The molecule has 0 bridgehead atoms. The van der Waals surface area contributed by atoms with Crippen LogP contribution in [-0.2, 0) is 6.54 Å². The molecule has 0 aromatic carbocycles. The molecule has 1 saturated heterocycles. The molecule has 1 atom stereocenters. The molecule has 1 aromatic heterocycles. The lowest BCUT2D eigenvalue weighted by atomic mass is 10.2. The molecule has 0 amide bonds. The summed E-state index contributed by atoms with van der Waals surface area (Å²) in [5, 5.41) is 13.1. The molecule has 18 heavy (non-hydrogen) atoms. The van der Waals surface area contributed by atoms with Gasteiger partial charge in [0.05, 0.1) is 24.7 Å². The summed E-state index contributed by atoms with van der Waals surface area (Å²) in [6.45, 7) is 7.39. The highest BCUT2D eigenvalue weighted by Crippen LogP contribution is 2.21. The van der Waals surface area contributed by atoms with Crippen molar-refractivity contribution in [3.63, 3.8) is 0 Å². The van der Waals surface area contributed by atoms with Gasteiger partial charge in [-0.25, -0.2) is 4.98 Å². The summed E-state index contributed by atoms with van der Waals surface area (Å²) < 4.78 is 2.17. The van der Waals surface area contributed by atoms with Crippen molar-refractivity contribution in [1.29, 1.82) is 0 Å². The van der Waals surface area contributed by atoms with Gasteiger partial charge in [0.25, 0.3) is 0 Å². The molecule has 0 radical (unpaired) electrons. The van der Waals surface area contributed by atoms with E-state index in [2.05, 4.69) is 26.7 Å². The summed E-state index contributed by atoms with van der Waals surface area (Å²) in [4.78, 5) is 6.60. The number of aliphatic hydroxyl groups excluding tert-OH is 1. The Morgan fingerprint density at radius 2 is 2.33 bits per heavy atom. The molecule has 1 aliphatic rings. The summed E-state index contributed by atoms with van der Waals surface area (Å²) in [5.74, 6) is 0. The monoisotopic (exact) mass is 252 g/mol. The SMILES string of the molecule is CCCn1cncc1C(CO)N1CCCNCC1. The van der Waals surface area contributed by atoms with Gasteiger partial charge in [0, 0.05) is 32.4 Å². The van der Waals surface area contributed by atoms with Crippen LogP contribution in [0.25, 0.3) is 0 Å². The number of imidazole rings is 1. The lowest BCUT2D eigenvalue weighted by Gasteiger charge is -2.29. The molecule has 2 heterocycles. The first-order valence-corrected chi connectivity index (χ1v) is 6.92. The van der Waals surface area contributed by atoms with Crippen molar-refractivity contribution in [2.24, 2.45) is 0 Å². The van der Waals surface area contributed by atoms with Crippen molar-refractivity contribution >= 4 is 0 Å². The quantitative estimate of drug-likeness (QED) is 0.807. The first-order valence-electron chi connectivity index (χ1n) is 6.92. The molecule has 2 N–H and O–H groups in total. The predicted octanol–water partition coefficient (Wildman–Crippen LogP) is 0.622. The molecule has 0 spiro atoms. The van der Waals surface area contributed by atoms with Crippen molar-refractivity contribution in [1.82, 2.24) is 19.8 Å². The fourth-order valence-corrected chi connectivity index (χ4v) is 2.61. The van der Waals surface area contributed by atoms with E-state index in [1.54, 1.807) is 0 Å². The van der Waals surface area contributed by atoms with Crippen LogP contribution >= 0.6 is 0 Å². The third-order valence-electron chi connectivity index (χ3n) is 3.54. The van der Waals surface area contributed by atoms with Crippen LogP contribution < -0.4 is 5.32 Å². The van der Waals surface area contributed by atoms with Crippen LogP contribution in [0.3, 0.4) is 0 Å². The minimum absolute atomic E-state index is 0.0824. The summed E-state index contributed by atoms with van der Waals surface area (Å²) in [6, 6.07) is 0.0824. The van der Waals surface area contributed by atoms with Crippen molar-refractivity contribution in [3.05, 3.63) is 18.2 Å². The Morgan fingerprint density at radius 1 is 1.44 bits per heavy atom. The van der Waals surface area contributed by atoms with Gasteiger partial charge in [0.2, 0.25) is 0 Å². The van der Waals surface area contributed by atoms with Crippen LogP contribution in [0.1, 0.15) is 31.5 Å². The van der Waals surface area contributed by atoms with Crippen LogP contribution in [0.4, 0.5) is 0 Å². The standard InChI is InChI=1S/C13H24N4O/c1-2-6-17-11-15-9-12(17)13(10-18)16-7-3-4-14-5-8-16/h9,11,13-14,18H,2-8,10H2,1H3. The molecule has 5 nitrogen and oxygen atoms in total. The zero-order chi connectivity index (χ0) is 12.8. The van der Waals surface area contributed by atoms with E-state index in [1.165, 1.54) is 0 Å². The van der Waals surface area contributed by atoms with Crippen molar-refractivity contribution in [2.75, 3.05) is 32.8 Å². The molecule has 1 fully saturated rings. The Labute approximate surface area is 109 Å². The lowest BCUT2D eigenvalue weighted by Crippen LogP contribution is -2.35. The molecule has 5 heteroatoms. The largest absolute Gasteiger partial charge is 0.394 e. The fraction of sp³-hybridized carbons (Fsp3) is 0.769. The van der Waals surface area contributed by atoms with Gasteiger partial charge in [0.15, 0.2) is 0 Å². The zero-order valence-electron chi connectivity index (χ0n) is 11.2. The molecule has 102 valence electrons. The Morgan fingerprint density at radius 3 is 3.11 bits per heavy atom. The fourth-order valence-electron chi connectivity index (χ4n) is 2.61. The number of aryl methyl sites for hydroxylation is 1. The maximum Gasteiger partial charge on any atom is 0.0948 e. The summed E-state index contributed by atoms with van der Waals surface area (Å²) >= 11 is 0. The van der Waals surface area contributed by atoms with Crippen LogP contribution in [0.5, 0.6) is 0 Å². The molecule has 1 aliphatic heterocycles. The van der Waals surface area contributed by atoms with Crippen LogP contribution in [0, 0.1) is 0 Å². The zero-order valence-corrected chi connectivity index (χ0v) is 11.2. The molecule has 1 aromatic rings. The Hall–Kier alpha value is -0.910. The first-order chi connectivity index (χ1) is 8.86. The van der Waals surface area contributed by atoms with Crippen molar-refractivity contribution in [2.45, 2.75) is 32.4 Å². The molecule has 0 saturated carbocycles. The van der Waals surface area contributed by atoms with Crippen molar-refractivity contribution < 1.29 is 5.11 Å². The maximum absolute atomic E-state index is 9.73. The second-order valence-electron chi connectivity index (χ2n) is 4.85. The van der Waals surface area contributed by atoms with E-state index in [4.69, 9.17) is 0 Å². The maximum atomic E-state index is 9.73. The lowest BCUT2D eigenvalue weighted by molar-refractivity contribution is 0.124. The van der Waals surface area contributed by atoms with E-state index in [1.807, 2.05) is 12.5 Å². The highest BCUT2D eigenvalue weighted by Gasteiger charge is 2.23. The third-order valence-corrected chi connectivity index (χ3v) is 3.54. The Bertz CT molecular complexity index is 345. The number of nitrogens with one attached hydrogen (secondary N) is 1. The normalized spacial score (nSPS) is 19.7. The molecular weight excluding hydrogens is 228 g/mol. The minimum atomic E-state index is 0.0824. The Balaban J connectivity index is 2.12. The number of aromatic nitrogens is 2. The molecule has 2 rings (SSSR count). The van der Waals surface area contributed by atoms with Crippen LogP contribution in [0.2, 0.25) is 0 Å². The first kappa shape index (κ1) is 13.5. The Kier molecular flexibility index (Phi) is 5.16. The van der Waals surface area contributed by atoms with E-state index < -0.39 is 0 Å². The smallest absolute Gasteiger partial charge is 0.0948 e. The van der Waals surface area contributed by atoms with Gasteiger partial charge < -0.3 is 15.0 Å². The molecule has 1 unspecified atom stereocenters. The highest BCUT2D eigenvalue weighted by atomic mass is 16.3. The highest BCUT2D eigenvalue weighted by molar-refractivity contribution is 5.06. The second-order valence-corrected chi connectivity index (χ2v) is 4.85. The van der Waals surface area contributed by atoms with E-state index in [9.17, 15) is 5.11 Å². The number of nitrogens with zero attached hydrogens (tertiary/aromatic N) is 3. The van der Waals surface area contributed by atoms with E-state index >= 15 is 0 Å². The van der Waals surface area contributed by atoms with Gasteiger partial charge in [-0.05, 0) is 19.4 Å². The minimum Gasteiger partial charge on any atom is -0.394 e. The molecule has 0 aliphatic carbocycles. The third kappa shape index (κ3) is 3.10. The average Bonchev–Trinajstić information content (AvgIpc) is 2.66. The van der Waals surface area contributed by atoms with Gasteiger partial charge in [-0.3, -0.25) is 4.90 Å². The number of rotatable bonds is 5. The predicted molar refractivity (Wildman–Crippen MR) is 71.4 cm³/mol. The average molecular weight is 252 g/mol. The van der Waals surface area contributed by atoms with E-state index in [0.29, 0.717) is 0 Å². The number of aliphatic hydroxyl groups is 1.